The summed E-state index contributed by atoms with van der Waals surface area (Å²) in [5, 5.41) is 2.70. The Kier molecular flexibility index (Phi) is 3.79. The molecule has 0 aliphatic carbocycles. The van der Waals surface area contributed by atoms with Crippen molar-refractivity contribution < 1.29 is 14.3 Å². The van der Waals surface area contributed by atoms with Gasteiger partial charge in [0.15, 0.2) is 0 Å². The van der Waals surface area contributed by atoms with Gasteiger partial charge in [-0.15, -0.1) is 0 Å². The molecule has 6 nitrogen and oxygen atoms in total. The van der Waals surface area contributed by atoms with Gasteiger partial charge in [-0.05, 0) is 12.5 Å². The van der Waals surface area contributed by atoms with E-state index in [1.54, 1.807) is 31.5 Å². The molecule has 0 aliphatic heterocycles. The Morgan fingerprint density at radius 3 is 2.95 bits per heavy atom. The molecule has 2 heterocycles. The largest absolute Gasteiger partial charge is 0.468 e. The molecule has 0 aliphatic rings. The highest BCUT2D eigenvalue weighted by Crippen LogP contribution is 2.14. The summed E-state index contributed by atoms with van der Waals surface area (Å²) in [7, 11) is 1.27. The molecular weight excluding hydrogens is 246 g/mol. The number of methoxy groups -OCH3 is 1. The van der Waals surface area contributed by atoms with Gasteiger partial charge in [-0.1, -0.05) is 6.92 Å². The van der Waals surface area contributed by atoms with E-state index in [0.717, 1.165) is 5.65 Å². The van der Waals surface area contributed by atoms with E-state index in [9.17, 15) is 9.59 Å². The van der Waals surface area contributed by atoms with Gasteiger partial charge in [0.05, 0.1) is 7.11 Å². The Bertz CT molecular complexity index is 606. The highest BCUT2D eigenvalue weighted by atomic mass is 16.5. The number of pyridine rings is 1. The van der Waals surface area contributed by atoms with Crippen molar-refractivity contribution in [3.05, 3.63) is 30.7 Å². The van der Waals surface area contributed by atoms with Crippen molar-refractivity contribution in [3.63, 3.8) is 0 Å². The molecular formula is C13H15N3O3. The van der Waals surface area contributed by atoms with Crippen LogP contribution in [0.2, 0.25) is 0 Å². The zero-order valence-corrected chi connectivity index (χ0v) is 10.8. The minimum atomic E-state index is -0.791. The molecule has 2 rings (SSSR count). The number of nitrogens with one attached hydrogen (secondary N) is 1. The Labute approximate surface area is 110 Å². The van der Waals surface area contributed by atoms with E-state index in [1.165, 1.54) is 7.11 Å². The van der Waals surface area contributed by atoms with Crippen LogP contribution in [0.1, 0.15) is 13.3 Å². The molecule has 0 unspecified atom stereocenters. The minimum Gasteiger partial charge on any atom is -0.468 e. The highest BCUT2D eigenvalue weighted by Gasteiger charge is 2.25. The number of rotatable bonds is 4. The SMILES string of the molecule is CC[C@H](C(=O)Nc1ccn2ccnc2c1)C(=O)OC. The van der Waals surface area contributed by atoms with Crippen molar-refractivity contribution in [1.82, 2.24) is 9.38 Å². The number of anilines is 1. The van der Waals surface area contributed by atoms with Crippen molar-refractivity contribution >= 4 is 23.2 Å². The fourth-order valence-corrected chi connectivity index (χ4v) is 1.82. The number of carbonyl (C=O) groups excluding carboxylic acids is 2. The summed E-state index contributed by atoms with van der Waals surface area (Å²) in [6.07, 6.45) is 5.66. The number of fused-ring (bicyclic) bond motifs is 1. The molecule has 6 heteroatoms. The molecule has 0 radical (unpaired) electrons. The van der Waals surface area contributed by atoms with Gasteiger partial charge in [-0.25, -0.2) is 4.98 Å². The molecule has 2 aromatic rings. The van der Waals surface area contributed by atoms with Crippen LogP contribution in [-0.2, 0) is 14.3 Å². The number of hydrogen-bond acceptors (Lipinski definition) is 4. The van der Waals surface area contributed by atoms with Crippen LogP contribution in [0.4, 0.5) is 5.69 Å². The lowest BCUT2D eigenvalue weighted by atomic mass is 10.1. The van der Waals surface area contributed by atoms with E-state index in [1.807, 2.05) is 10.6 Å². The number of ether oxygens (including phenoxy) is 1. The number of carbonyl (C=O) groups is 2. The normalized spacial score (nSPS) is 12.1. The molecule has 0 spiro atoms. The van der Waals surface area contributed by atoms with E-state index in [2.05, 4.69) is 15.0 Å². The summed E-state index contributed by atoms with van der Waals surface area (Å²) in [6, 6.07) is 3.48. The third-order valence-corrected chi connectivity index (χ3v) is 2.88. The Hall–Kier alpha value is -2.37. The first kappa shape index (κ1) is 13.1. The van der Waals surface area contributed by atoms with Gasteiger partial charge < -0.3 is 14.5 Å². The molecule has 0 aromatic carbocycles. The maximum absolute atomic E-state index is 12.0. The van der Waals surface area contributed by atoms with Gasteiger partial charge >= 0.3 is 5.97 Å². The molecule has 1 N–H and O–H groups in total. The van der Waals surface area contributed by atoms with E-state index in [4.69, 9.17) is 0 Å². The summed E-state index contributed by atoms with van der Waals surface area (Å²) >= 11 is 0. The first-order valence-electron chi connectivity index (χ1n) is 5.97. The Balaban J connectivity index is 2.15. The topological polar surface area (TPSA) is 72.7 Å². The molecule has 0 saturated heterocycles. The maximum Gasteiger partial charge on any atom is 0.318 e. The summed E-state index contributed by atoms with van der Waals surface area (Å²) in [4.78, 5) is 27.5. The van der Waals surface area contributed by atoms with Gasteiger partial charge in [0.2, 0.25) is 5.91 Å². The van der Waals surface area contributed by atoms with E-state index in [-0.39, 0.29) is 5.91 Å². The molecule has 0 saturated carbocycles. The molecule has 100 valence electrons. The van der Waals surface area contributed by atoms with E-state index >= 15 is 0 Å². The van der Waals surface area contributed by atoms with E-state index < -0.39 is 11.9 Å². The van der Waals surface area contributed by atoms with Crippen LogP contribution < -0.4 is 5.32 Å². The van der Waals surface area contributed by atoms with Crippen LogP contribution in [0.3, 0.4) is 0 Å². The second kappa shape index (κ2) is 5.51. The lowest BCUT2D eigenvalue weighted by Gasteiger charge is -2.12. The van der Waals surface area contributed by atoms with Gasteiger partial charge in [0.1, 0.15) is 11.6 Å². The monoisotopic (exact) mass is 261 g/mol. The van der Waals surface area contributed by atoms with Crippen LogP contribution in [0.15, 0.2) is 30.7 Å². The minimum absolute atomic E-state index is 0.370. The lowest BCUT2D eigenvalue weighted by molar-refractivity contribution is -0.148. The zero-order chi connectivity index (χ0) is 13.8. The first-order valence-corrected chi connectivity index (χ1v) is 5.97. The number of amides is 1. The molecule has 19 heavy (non-hydrogen) atoms. The summed E-state index contributed by atoms with van der Waals surface area (Å²) < 4.78 is 6.43. The second-order valence-corrected chi connectivity index (χ2v) is 4.08. The number of esters is 1. The smallest absolute Gasteiger partial charge is 0.318 e. The van der Waals surface area contributed by atoms with Crippen LogP contribution in [-0.4, -0.2) is 28.4 Å². The Morgan fingerprint density at radius 2 is 2.26 bits per heavy atom. The average Bonchev–Trinajstić information content (AvgIpc) is 2.86. The van der Waals surface area contributed by atoms with Crippen molar-refractivity contribution in [2.45, 2.75) is 13.3 Å². The van der Waals surface area contributed by atoms with Crippen molar-refractivity contribution in [2.24, 2.45) is 5.92 Å². The maximum atomic E-state index is 12.0. The number of hydrogen-bond donors (Lipinski definition) is 1. The zero-order valence-electron chi connectivity index (χ0n) is 10.8. The highest BCUT2D eigenvalue weighted by molar-refractivity contribution is 6.04. The second-order valence-electron chi connectivity index (χ2n) is 4.08. The number of imidazole rings is 1. The number of aromatic nitrogens is 2. The summed E-state index contributed by atoms with van der Waals surface area (Å²) in [6.45, 7) is 1.76. The molecule has 0 fully saturated rings. The van der Waals surface area contributed by atoms with Crippen LogP contribution in [0.5, 0.6) is 0 Å². The standard InChI is InChI=1S/C13H15N3O3/c1-3-10(13(18)19-2)12(17)15-9-4-6-16-7-5-14-11(16)8-9/h4-8,10H,3H2,1-2H3,(H,15,17)/t10-/m1/s1. The third-order valence-electron chi connectivity index (χ3n) is 2.88. The van der Waals surface area contributed by atoms with Crippen molar-refractivity contribution in [2.75, 3.05) is 12.4 Å². The fraction of sp³-hybridized carbons (Fsp3) is 0.308. The van der Waals surface area contributed by atoms with Crippen LogP contribution in [0.25, 0.3) is 5.65 Å². The fourth-order valence-electron chi connectivity index (χ4n) is 1.82. The molecule has 1 atom stereocenters. The van der Waals surface area contributed by atoms with E-state index in [0.29, 0.717) is 12.1 Å². The van der Waals surface area contributed by atoms with Crippen molar-refractivity contribution in [1.29, 1.82) is 0 Å². The molecule has 0 bridgehead atoms. The summed E-state index contributed by atoms with van der Waals surface area (Å²) in [5.41, 5.74) is 1.33. The van der Waals surface area contributed by atoms with Gasteiger partial charge in [0, 0.05) is 30.3 Å². The molecule has 2 aromatic heterocycles. The predicted molar refractivity (Wildman–Crippen MR) is 69.6 cm³/mol. The number of nitrogens with zero attached hydrogens (tertiary/aromatic N) is 2. The lowest BCUT2D eigenvalue weighted by Crippen LogP contribution is -2.30. The predicted octanol–water partition coefficient (Wildman–Crippen LogP) is 1.47. The third kappa shape index (κ3) is 2.73. The quantitative estimate of drug-likeness (QED) is 0.668. The Morgan fingerprint density at radius 1 is 1.47 bits per heavy atom. The van der Waals surface area contributed by atoms with Crippen LogP contribution >= 0.6 is 0 Å². The first-order chi connectivity index (χ1) is 9.15. The summed E-state index contributed by atoms with van der Waals surface area (Å²) in [5.74, 6) is -1.69. The van der Waals surface area contributed by atoms with Crippen molar-refractivity contribution in [3.8, 4) is 0 Å². The van der Waals surface area contributed by atoms with Gasteiger partial charge in [-0.3, -0.25) is 9.59 Å². The van der Waals surface area contributed by atoms with Crippen LogP contribution in [0, 0.1) is 5.92 Å². The molecule has 1 amide bonds. The van der Waals surface area contributed by atoms with Gasteiger partial charge in [0.25, 0.3) is 0 Å². The average molecular weight is 261 g/mol. The van der Waals surface area contributed by atoms with Gasteiger partial charge in [-0.2, -0.15) is 0 Å².